The van der Waals surface area contributed by atoms with Crippen molar-refractivity contribution in [3.05, 3.63) is 72.1 Å². The lowest BCUT2D eigenvalue weighted by molar-refractivity contribution is 0.415. The quantitative estimate of drug-likeness (QED) is 0.515. The Morgan fingerprint density at radius 2 is 1.73 bits per heavy atom. The third-order valence-corrected chi connectivity index (χ3v) is 5.40. The summed E-state index contributed by atoms with van der Waals surface area (Å²) in [6, 6.07) is 18.0. The van der Waals surface area contributed by atoms with Crippen molar-refractivity contribution in [3.63, 3.8) is 0 Å². The zero-order valence-corrected chi connectivity index (χ0v) is 16.9. The summed E-state index contributed by atoms with van der Waals surface area (Å²) >= 11 is 0. The summed E-state index contributed by atoms with van der Waals surface area (Å²) in [4.78, 5) is 14.9. The maximum Gasteiger partial charge on any atom is 0.203 e. The Hall–Kier alpha value is -3.78. The first-order valence-corrected chi connectivity index (χ1v) is 10.2. The molecule has 5 heteroatoms. The van der Waals surface area contributed by atoms with Gasteiger partial charge in [0, 0.05) is 30.4 Å². The number of fused-ring (bicyclic) bond motifs is 1. The minimum absolute atomic E-state index is 0.745. The minimum Gasteiger partial charge on any atom is -0.497 e. The van der Waals surface area contributed by atoms with Crippen LogP contribution in [0.4, 0.5) is 5.95 Å². The molecule has 1 N–H and O–H groups in total. The fourth-order valence-electron chi connectivity index (χ4n) is 3.71. The summed E-state index contributed by atoms with van der Waals surface area (Å²) in [5.74, 6) is 8.18. The molecule has 1 saturated heterocycles. The van der Waals surface area contributed by atoms with Gasteiger partial charge in [0.2, 0.25) is 5.95 Å². The number of hydrogen-bond donors (Lipinski definition) is 1. The average molecular weight is 394 g/mol. The number of imidazole rings is 1. The molecule has 148 valence electrons. The number of hydrogen-bond acceptors (Lipinski definition) is 4. The van der Waals surface area contributed by atoms with E-state index in [1.807, 2.05) is 54.7 Å². The lowest BCUT2D eigenvalue weighted by Crippen LogP contribution is -2.18. The molecular weight excluding hydrogens is 372 g/mol. The van der Waals surface area contributed by atoms with Gasteiger partial charge in [-0.15, -0.1) is 0 Å². The van der Waals surface area contributed by atoms with Gasteiger partial charge >= 0.3 is 0 Å². The van der Waals surface area contributed by atoms with Crippen LogP contribution in [-0.2, 0) is 0 Å². The van der Waals surface area contributed by atoms with Crippen molar-refractivity contribution >= 4 is 17.0 Å². The summed E-state index contributed by atoms with van der Waals surface area (Å²) < 4.78 is 5.21. The smallest absolute Gasteiger partial charge is 0.203 e. The summed E-state index contributed by atoms with van der Waals surface area (Å²) in [5, 5.41) is 0. The van der Waals surface area contributed by atoms with Gasteiger partial charge in [-0.05, 0) is 60.7 Å². The third kappa shape index (κ3) is 3.72. The molecule has 5 nitrogen and oxygen atoms in total. The molecule has 0 radical (unpaired) electrons. The van der Waals surface area contributed by atoms with Crippen molar-refractivity contribution < 1.29 is 4.74 Å². The predicted molar refractivity (Wildman–Crippen MR) is 120 cm³/mol. The van der Waals surface area contributed by atoms with Gasteiger partial charge in [0.15, 0.2) is 0 Å². The van der Waals surface area contributed by atoms with E-state index in [1.54, 1.807) is 7.11 Å². The number of nitrogens with zero attached hydrogens (tertiary/aromatic N) is 3. The van der Waals surface area contributed by atoms with Gasteiger partial charge in [0.25, 0.3) is 0 Å². The first-order chi connectivity index (χ1) is 14.8. The van der Waals surface area contributed by atoms with E-state index in [9.17, 15) is 0 Å². The maximum absolute atomic E-state index is 5.21. The molecule has 2 aromatic heterocycles. The Kier molecular flexibility index (Phi) is 4.82. The zero-order valence-electron chi connectivity index (χ0n) is 16.9. The fourth-order valence-corrected chi connectivity index (χ4v) is 3.71. The van der Waals surface area contributed by atoms with E-state index in [0.29, 0.717) is 0 Å². The number of nitrogens with one attached hydrogen (secondary N) is 1. The number of pyridine rings is 1. The average Bonchev–Trinajstić information content (AvgIpc) is 3.47. The predicted octanol–water partition coefficient (Wildman–Crippen LogP) is 4.63. The Bertz CT molecular complexity index is 1220. The Labute approximate surface area is 175 Å². The molecule has 2 aromatic carbocycles. The third-order valence-electron chi connectivity index (χ3n) is 5.40. The highest BCUT2D eigenvalue weighted by Gasteiger charge is 2.15. The number of aromatic amines is 1. The molecule has 0 spiro atoms. The fraction of sp³-hybridized carbons (Fsp3) is 0.200. The van der Waals surface area contributed by atoms with Gasteiger partial charge in [0.05, 0.1) is 18.1 Å². The molecule has 4 aromatic rings. The number of methoxy groups -OCH3 is 1. The number of H-pyrrole nitrogens is 1. The lowest BCUT2D eigenvalue weighted by atomic mass is 10.1. The van der Waals surface area contributed by atoms with Crippen LogP contribution in [0.15, 0.2) is 60.8 Å². The molecule has 0 atom stereocenters. The minimum atomic E-state index is 0.745. The molecule has 5 rings (SSSR count). The molecule has 1 aliphatic heterocycles. The number of ether oxygens (including phenoxy) is 1. The summed E-state index contributed by atoms with van der Waals surface area (Å²) in [6.07, 6.45) is 4.32. The van der Waals surface area contributed by atoms with Gasteiger partial charge in [-0.25, -0.2) is 9.97 Å². The van der Waals surface area contributed by atoms with Crippen LogP contribution in [-0.4, -0.2) is 35.2 Å². The van der Waals surface area contributed by atoms with Gasteiger partial charge in [-0.3, -0.25) is 0 Å². The largest absolute Gasteiger partial charge is 0.497 e. The monoisotopic (exact) mass is 394 g/mol. The molecule has 1 fully saturated rings. The molecule has 0 bridgehead atoms. The molecule has 0 amide bonds. The molecule has 0 unspecified atom stereocenters. The van der Waals surface area contributed by atoms with E-state index >= 15 is 0 Å². The van der Waals surface area contributed by atoms with Crippen LogP contribution in [0, 0.1) is 11.8 Å². The SMILES string of the molecule is COc1ccc(-c2ccc(C#Cc3ccc4nc(N5CCCC5)[nH]c4c3)nc2)cc1. The number of benzene rings is 2. The first kappa shape index (κ1) is 18.3. The van der Waals surface area contributed by atoms with Crippen LogP contribution in [0.25, 0.3) is 22.2 Å². The van der Waals surface area contributed by atoms with Crippen molar-refractivity contribution in [3.8, 4) is 28.7 Å². The topological polar surface area (TPSA) is 54.0 Å². The van der Waals surface area contributed by atoms with E-state index < -0.39 is 0 Å². The summed E-state index contributed by atoms with van der Waals surface area (Å²) in [6.45, 7) is 2.15. The number of anilines is 1. The second-order valence-corrected chi connectivity index (χ2v) is 7.40. The van der Waals surface area contributed by atoms with Gasteiger partial charge in [0.1, 0.15) is 11.4 Å². The van der Waals surface area contributed by atoms with E-state index in [1.165, 1.54) is 12.8 Å². The Balaban J connectivity index is 1.34. The number of aromatic nitrogens is 3. The molecule has 0 aliphatic carbocycles. The maximum atomic E-state index is 5.21. The van der Waals surface area contributed by atoms with E-state index in [-0.39, 0.29) is 0 Å². The lowest BCUT2D eigenvalue weighted by Gasteiger charge is -2.12. The first-order valence-electron chi connectivity index (χ1n) is 10.2. The normalized spacial score (nSPS) is 13.3. The standard InChI is InChI=1S/C25H22N4O/c1-30-22-11-7-19(8-12-22)20-6-10-21(26-17-20)9-4-18-5-13-23-24(16-18)28-25(27-23)29-14-2-3-15-29/h5-8,10-13,16-17H,2-3,14-15H2,1H3,(H,27,28). The van der Waals surface area contributed by atoms with E-state index in [4.69, 9.17) is 9.72 Å². The van der Waals surface area contributed by atoms with Crippen LogP contribution in [0.2, 0.25) is 0 Å². The molecule has 1 aliphatic rings. The zero-order chi connectivity index (χ0) is 20.3. The summed E-state index contributed by atoms with van der Waals surface area (Å²) in [7, 11) is 1.67. The van der Waals surface area contributed by atoms with Crippen LogP contribution < -0.4 is 9.64 Å². The number of rotatable bonds is 3. The van der Waals surface area contributed by atoms with Gasteiger partial charge in [-0.1, -0.05) is 24.1 Å². The second kappa shape index (κ2) is 7.92. The van der Waals surface area contributed by atoms with Gasteiger partial charge in [-0.2, -0.15) is 0 Å². The van der Waals surface area contributed by atoms with E-state index in [2.05, 4.69) is 32.8 Å². The second-order valence-electron chi connectivity index (χ2n) is 7.40. The van der Waals surface area contributed by atoms with Crippen molar-refractivity contribution in [2.75, 3.05) is 25.1 Å². The van der Waals surface area contributed by atoms with E-state index in [0.717, 1.165) is 58.2 Å². The van der Waals surface area contributed by atoms with Gasteiger partial charge < -0.3 is 14.6 Å². The Morgan fingerprint density at radius 1 is 0.933 bits per heavy atom. The van der Waals surface area contributed by atoms with Crippen LogP contribution >= 0.6 is 0 Å². The van der Waals surface area contributed by atoms with Crippen LogP contribution in [0.3, 0.4) is 0 Å². The molecular formula is C25H22N4O. The highest BCUT2D eigenvalue weighted by atomic mass is 16.5. The summed E-state index contributed by atoms with van der Waals surface area (Å²) in [5.41, 5.74) is 5.84. The molecule has 3 heterocycles. The van der Waals surface area contributed by atoms with Crippen LogP contribution in [0.5, 0.6) is 5.75 Å². The van der Waals surface area contributed by atoms with Crippen LogP contribution in [0.1, 0.15) is 24.1 Å². The molecule has 0 saturated carbocycles. The highest BCUT2D eigenvalue weighted by molar-refractivity contribution is 5.79. The van der Waals surface area contributed by atoms with Crippen molar-refractivity contribution in [1.82, 2.24) is 15.0 Å². The highest BCUT2D eigenvalue weighted by Crippen LogP contribution is 2.23. The van der Waals surface area contributed by atoms with Crippen molar-refractivity contribution in [2.45, 2.75) is 12.8 Å². The van der Waals surface area contributed by atoms with Crippen molar-refractivity contribution in [1.29, 1.82) is 0 Å². The van der Waals surface area contributed by atoms with Crippen molar-refractivity contribution in [2.24, 2.45) is 0 Å². The molecule has 30 heavy (non-hydrogen) atoms. The Morgan fingerprint density at radius 3 is 2.47 bits per heavy atom.